The summed E-state index contributed by atoms with van der Waals surface area (Å²) in [5, 5.41) is 2.26. The van der Waals surface area contributed by atoms with E-state index in [0.29, 0.717) is 6.61 Å². The van der Waals surface area contributed by atoms with Gasteiger partial charge in [-0.1, -0.05) is 113 Å². The zero-order valence-electron chi connectivity index (χ0n) is 22.4. The molecule has 190 valence electrons. The van der Waals surface area contributed by atoms with E-state index in [0.717, 1.165) is 17.7 Å². The van der Waals surface area contributed by atoms with Crippen molar-refractivity contribution in [1.82, 2.24) is 0 Å². The van der Waals surface area contributed by atoms with Crippen LogP contribution in [0.15, 0.2) is 84.9 Å². The highest BCUT2D eigenvalue weighted by atomic mass is 28.4. The van der Waals surface area contributed by atoms with Crippen molar-refractivity contribution in [3.8, 4) is 0 Å². The van der Waals surface area contributed by atoms with Gasteiger partial charge in [0.15, 0.2) is 6.23 Å². The first-order valence-corrected chi connectivity index (χ1v) is 14.9. The highest BCUT2D eigenvalue weighted by molar-refractivity contribution is 6.99. The zero-order chi connectivity index (χ0) is 25.9. The van der Waals surface area contributed by atoms with Gasteiger partial charge in [0.05, 0.1) is 18.4 Å². The Bertz CT molecular complexity index is 1120. The van der Waals surface area contributed by atoms with Crippen molar-refractivity contribution in [3.05, 3.63) is 90.5 Å². The van der Waals surface area contributed by atoms with Crippen molar-refractivity contribution in [3.63, 3.8) is 0 Å². The summed E-state index contributed by atoms with van der Waals surface area (Å²) in [5.74, 6) is -0.0325. The minimum atomic E-state index is -2.81. The van der Waals surface area contributed by atoms with Gasteiger partial charge in [0.2, 0.25) is 5.91 Å². The third-order valence-electron chi connectivity index (χ3n) is 7.37. The molecule has 0 saturated heterocycles. The van der Waals surface area contributed by atoms with Crippen molar-refractivity contribution in [2.24, 2.45) is 5.92 Å². The summed E-state index contributed by atoms with van der Waals surface area (Å²) >= 11 is 0. The molecule has 3 aromatic rings. The second-order valence-electron chi connectivity index (χ2n) is 10.8. The van der Waals surface area contributed by atoms with Crippen LogP contribution >= 0.6 is 0 Å². The highest BCUT2D eigenvalue weighted by Gasteiger charge is 2.52. The van der Waals surface area contributed by atoms with E-state index < -0.39 is 14.5 Å². The number of hydrogen-bond donors (Lipinski definition) is 0. The van der Waals surface area contributed by atoms with Crippen molar-refractivity contribution < 1.29 is 14.0 Å². The monoisotopic (exact) mass is 501 g/mol. The maximum atomic E-state index is 13.7. The number of amides is 1. The third-order valence-corrected chi connectivity index (χ3v) is 12.5. The van der Waals surface area contributed by atoms with Crippen molar-refractivity contribution in [2.75, 3.05) is 4.90 Å². The van der Waals surface area contributed by atoms with Crippen LogP contribution in [0.1, 0.15) is 53.5 Å². The van der Waals surface area contributed by atoms with Crippen LogP contribution in [-0.2, 0) is 20.6 Å². The lowest BCUT2D eigenvalue weighted by Crippen LogP contribution is -2.69. The molecule has 1 aliphatic rings. The van der Waals surface area contributed by atoms with Crippen LogP contribution in [0.25, 0.3) is 0 Å². The van der Waals surface area contributed by atoms with Crippen LogP contribution in [0.5, 0.6) is 0 Å². The number of nitrogens with zero attached hydrogens (tertiary/aromatic N) is 1. The lowest BCUT2D eigenvalue weighted by atomic mass is 10.0. The molecule has 3 atom stereocenters. The van der Waals surface area contributed by atoms with E-state index in [1.807, 2.05) is 48.2 Å². The van der Waals surface area contributed by atoms with E-state index in [4.69, 9.17) is 9.16 Å². The van der Waals surface area contributed by atoms with Crippen LogP contribution in [0.2, 0.25) is 5.04 Å². The molecule has 0 aromatic heterocycles. The molecule has 1 amide bonds. The number of anilines is 1. The van der Waals surface area contributed by atoms with Gasteiger partial charge in [-0.2, -0.15) is 0 Å². The van der Waals surface area contributed by atoms with Crippen molar-refractivity contribution >= 4 is 30.3 Å². The van der Waals surface area contributed by atoms with Gasteiger partial charge in [0.25, 0.3) is 8.32 Å². The predicted octanol–water partition coefficient (Wildman–Crippen LogP) is 5.89. The fourth-order valence-electron chi connectivity index (χ4n) is 5.28. The number of benzene rings is 3. The molecule has 0 spiro atoms. The summed E-state index contributed by atoms with van der Waals surface area (Å²) in [6, 6.07) is 29.3. The molecular weight excluding hydrogens is 462 g/mol. The normalized spacial score (nSPS) is 17.8. The van der Waals surface area contributed by atoms with Gasteiger partial charge >= 0.3 is 0 Å². The Labute approximate surface area is 217 Å². The maximum absolute atomic E-state index is 13.7. The van der Waals surface area contributed by atoms with Gasteiger partial charge in [-0.25, -0.2) is 0 Å². The first-order chi connectivity index (χ1) is 17.2. The van der Waals surface area contributed by atoms with E-state index in [-0.39, 0.29) is 23.0 Å². The molecule has 5 heteroatoms. The van der Waals surface area contributed by atoms with Crippen molar-refractivity contribution in [2.45, 2.75) is 71.9 Å². The number of fused-ring (bicyclic) bond motifs is 1. The maximum Gasteiger partial charge on any atom is 0.261 e. The topological polar surface area (TPSA) is 38.8 Å². The average Bonchev–Trinajstić information content (AvgIpc) is 2.90. The number of rotatable bonds is 7. The Morgan fingerprint density at radius 2 is 1.47 bits per heavy atom. The predicted molar refractivity (Wildman–Crippen MR) is 150 cm³/mol. The SMILES string of the molecule is CC[C@@H](C)C(=O)N1c2ccccc2CO[C@H]1[C@H](C)O[Si](c1ccccc1)(c1ccccc1)C(C)(C)C. The molecule has 4 nitrogen and oxygen atoms in total. The van der Waals surface area contributed by atoms with Gasteiger partial charge in [0.1, 0.15) is 0 Å². The fraction of sp³-hybridized carbons (Fsp3) is 0.387. The smallest absolute Gasteiger partial charge is 0.261 e. The third kappa shape index (κ3) is 4.80. The average molecular weight is 502 g/mol. The quantitative estimate of drug-likeness (QED) is 0.379. The van der Waals surface area contributed by atoms with E-state index in [9.17, 15) is 4.79 Å². The van der Waals surface area contributed by atoms with Gasteiger partial charge in [0, 0.05) is 11.5 Å². The van der Waals surface area contributed by atoms with E-state index in [1.165, 1.54) is 10.4 Å². The van der Waals surface area contributed by atoms with Crippen LogP contribution in [0, 0.1) is 5.92 Å². The van der Waals surface area contributed by atoms with Crippen LogP contribution in [0.3, 0.4) is 0 Å². The molecule has 1 aliphatic heterocycles. The Hall–Kier alpha value is -2.73. The molecular formula is C31H39NO3Si. The second kappa shape index (κ2) is 10.7. The number of para-hydroxylation sites is 1. The van der Waals surface area contributed by atoms with Crippen LogP contribution < -0.4 is 15.3 Å². The lowest BCUT2D eigenvalue weighted by molar-refractivity contribution is -0.128. The summed E-state index contributed by atoms with van der Waals surface area (Å²) in [6.07, 6.45) is -0.0885. The number of carbonyl (C=O) groups is 1. The molecule has 3 aromatic carbocycles. The Morgan fingerprint density at radius 1 is 0.944 bits per heavy atom. The molecule has 0 saturated carbocycles. The first kappa shape index (κ1) is 26.3. The minimum Gasteiger partial charge on any atom is -0.400 e. The molecule has 0 fully saturated rings. The van der Waals surface area contributed by atoms with Crippen molar-refractivity contribution in [1.29, 1.82) is 0 Å². The number of hydrogen-bond acceptors (Lipinski definition) is 3. The molecule has 4 rings (SSSR count). The van der Waals surface area contributed by atoms with E-state index >= 15 is 0 Å². The summed E-state index contributed by atoms with van der Waals surface area (Å²) in [6.45, 7) is 13.4. The van der Waals surface area contributed by atoms with Gasteiger partial charge in [-0.3, -0.25) is 9.69 Å². The second-order valence-corrected chi connectivity index (χ2v) is 15.1. The summed E-state index contributed by atoms with van der Waals surface area (Å²) in [4.78, 5) is 15.6. The first-order valence-electron chi connectivity index (χ1n) is 13.0. The zero-order valence-corrected chi connectivity index (χ0v) is 23.4. The van der Waals surface area contributed by atoms with Gasteiger partial charge in [-0.15, -0.1) is 0 Å². The van der Waals surface area contributed by atoms with E-state index in [2.05, 4.69) is 83.1 Å². The molecule has 1 heterocycles. The van der Waals surface area contributed by atoms with Gasteiger partial charge < -0.3 is 9.16 Å². The highest BCUT2D eigenvalue weighted by Crippen LogP contribution is 2.40. The van der Waals surface area contributed by atoms with Crippen LogP contribution in [-0.4, -0.2) is 26.6 Å². The largest absolute Gasteiger partial charge is 0.400 e. The standard InChI is InChI=1S/C31H39NO3Si/c1-7-23(2)29(33)32-28-21-15-14-16-25(28)22-34-30(32)24(3)35-36(31(4,5)6,26-17-10-8-11-18-26)27-19-12-9-13-20-27/h8-21,23-24,30H,7,22H2,1-6H3/t23-,24+,30+/m1/s1. The summed E-state index contributed by atoms with van der Waals surface area (Å²) < 4.78 is 13.8. The summed E-state index contributed by atoms with van der Waals surface area (Å²) in [7, 11) is -2.81. The fourth-order valence-corrected chi connectivity index (χ4v) is 9.97. The molecule has 36 heavy (non-hydrogen) atoms. The molecule has 0 unspecified atom stereocenters. The molecule has 0 bridgehead atoms. The molecule has 0 aliphatic carbocycles. The number of carbonyl (C=O) groups excluding carboxylic acids is 1. The Morgan fingerprint density at radius 3 is 2.00 bits per heavy atom. The number of ether oxygens (including phenoxy) is 1. The molecule has 0 radical (unpaired) electrons. The Balaban J connectivity index is 1.82. The molecule has 0 N–H and O–H groups in total. The van der Waals surface area contributed by atoms with Gasteiger partial charge in [-0.05, 0) is 34.8 Å². The minimum absolute atomic E-state index is 0.0764. The van der Waals surface area contributed by atoms with Crippen LogP contribution in [0.4, 0.5) is 5.69 Å². The lowest BCUT2D eigenvalue weighted by Gasteiger charge is -2.48. The van der Waals surface area contributed by atoms with E-state index in [1.54, 1.807) is 0 Å². The Kier molecular flexibility index (Phi) is 7.84. The summed E-state index contributed by atoms with van der Waals surface area (Å²) in [5.41, 5.74) is 1.96.